The molecule has 3 N–H and O–H groups in total. The molecule has 0 radical (unpaired) electrons. The molecule has 120 valence electrons. The van der Waals surface area contributed by atoms with E-state index >= 15 is 0 Å². The summed E-state index contributed by atoms with van der Waals surface area (Å²) in [6, 6.07) is 0. The molecule has 0 aliphatic heterocycles. The number of carbonyl (C=O) groups excluding carboxylic acids is 2. The maximum absolute atomic E-state index is 12.6. The first-order chi connectivity index (χ1) is 10.3. The summed E-state index contributed by atoms with van der Waals surface area (Å²) in [6.45, 7) is 1.90. The summed E-state index contributed by atoms with van der Waals surface area (Å²) in [7, 11) is 0. The van der Waals surface area contributed by atoms with E-state index in [1.54, 1.807) is 0 Å². The monoisotopic (exact) mass is 448 g/mol. The predicted octanol–water partition coefficient (Wildman–Crippen LogP) is 3.95. The third kappa shape index (κ3) is 2.65. The van der Waals surface area contributed by atoms with Crippen LogP contribution < -0.4 is 11.1 Å². The molecule has 0 spiro atoms. The number of primary amides is 1. The summed E-state index contributed by atoms with van der Waals surface area (Å²) < 4.78 is -0.349. The van der Waals surface area contributed by atoms with Gasteiger partial charge in [-0.3, -0.25) is 9.59 Å². The molecule has 1 fully saturated rings. The molecule has 2 amide bonds. The lowest BCUT2D eigenvalue weighted by atomic mass is 10.0. The number of thiophene rings is 1. The molecule has 1 heterocycles. The minimum atomic E-state index is -0.511. The van der Waals surface area contributed by atoms with Crippen LogP contribution in [0.5, 0.6) is 0 Å². The molecule has 1 saturated carbocycles. The Morgan fingerprint density at radius 3 is 2.45 bits per heavy atom. The van der Waals surface area contributed by atoms with Gasteiger partial charge in [0.15, 0.2) is 0 Å². The molecule has 1 aromatic heterocycles. The highest BCUT2D eigenvalue weighted by atomic mass is 79.9. The second kappa shape index (κ2) is 5.60. The van der Waals surface area contributed by atoms with Gasteiger partial charge < -0.3 is 11.1 Å². The quantitative estimate of drug-likeness (QED) is 0.541. The van der Waals surface area contributed by atoms with Crippen LogP contribution in [0.2, 0.25) is 0 Å². The van der Waals surface area contributed by atoms with Crippen molar-refractivity contribution in [2.24, 2.45) is 11.1 Å². The Morgan fingerprint density at radius 1 is 1.23 bits per heavy atom. The number of aryl methyl sites for hydroxylation is 1. The molecule has 7 heteroatoms. The molecule has 1 atom stereocenters. The van der Waals surface area contributed by atoms with Gasteiger partial charge >= 0.3 is 0 Å². The van der Waals surface area contributed by atoms with Crippen LogP contribution >= 0.6 is 43.2 Å². The number of halogens is 2. The first-order valence-corrected chi connectivity index (χ1v) is 9.80. The first-order valence-electron chi connectivity index (χ1n) is 7.40. The van der Waals surface area contributed by atoms with Crippen molar-refractivity contribution in [3.05, 3.63) is 16.0 Å². The lowest BCUT2D eigenvalue weighted by Crippen LogP contribution is -2.26. The Kier molecular flexibility index (Phi) is 4.19. The summed E-state index contributed by atoms with van der Waals surface area (Å²) >= 11 is 8.52. The summed E-state index contributed by atoms with van der Waals surface area (Å²) in [5.41, 5.74) is 6.65. The Hall–Kier alpha value is -0.400. The van der Waals surface area contributed by atoms with Crippen molar-refractivity contribution in [1.29, 1.82) is 0 Å². The Morgan fingerprint density at radius 2 is 1.86 bits per heavy atom. The number of fused-ring (bicyclic) bond motifs is 1. The Labute approximate surface area is 150 Å². The van der Waals surface area contributed by atoms with Crippen molar-refractivity contribution < 1.29 is 9.59 Å². The SMILES string of the molecule is CC1(C(=O)Nc2sc3c(c2C(N)=O)CCCCC3)CC1(Br)Br. The molecule has 1 unspecified atom stereocenters. The summed E-state index contributed by atoms with van der Waals surface area (Å²) in [6.07, 6.45) is 5.92. The van der Waals surface area contributed by atoms with Gasteiger partial charge in [0.25, 0.3) is 5.91 Å². The van der Waals surface area contributed by atoms with Crippen LogP contribution in [-0.4, -0.2) is 15.0 Å². The van der Waals surface area contributed by atoms with E-state index in [9.17, 15) is 9.59 Å². The van der Waals surface area contributed by atoms with E-state index in [1.165, 1.54) is 22.6 Å². The van der Waals surface area contributed by atoms with Gasteiger partial charge in [-0.15, -0.1) is 11.3 Å². The van der Waals surface area contributed by atoms with Crippen molar-refractivity contribution in [3.8, 4) is 0 Å². The Balaban J connectivity index is 1.91. The number of hydrogen-bond donors (Lipinski definition) is 2. The topological polar surface area (TPSA) is 72.2 Å². The van der Waals surface area contributed by atoms with Crippen LogP contribution in [0.4, 0.5) is 5.00 Å². The maximum Gasteiger partial charge on any atom is 0.251 e. The van der Waals surface area contributed by atoms with Gasteiger partial charge in [0.2, 0.25) is 5.91 Å². The second-order valence-electron chi connectivity index (χ2n) is 6.30. The fourth-order valence-electron chi connectivity index (χ4n) is 2.98. The van der Waals surface area contributed by atoms with Gasteiger partial charge in [-0.05, 0) is 44.6 Å². The van der Waals surface area contributed by atoms with Crippen LogP contribution in [0, 0.1) is 5.41 Å². The van der Waals surface area contributed by atoms with Crippen molar-refractivity contribution in [2.75, 3.05) is 5.32 Å². The molecule has 22 heavy (non-hydrogen) atoms. The Bertz CT molecular complexity index is 656. The summed E-state index contributed by atoms with van der Waals surface area (Å²) in [5.74, 6) is -0.528. The zero-order valence-electron chi connectivity index (χ0n) is 12.3. The molecule has 4 nitrogen and oxygen atoms in total. The predicted molar refractivity (Wildman–Crippen MR) is 96.0 cm³/mol. The molecule has 2 aliphatic carbocycles. The van der Waals surface area contributed by atoms with Crippen LogP contribution in [0.1, 0.15) is 53.4 Å². The highest BCUT2D eigenvalue weighted by Crippen LogP contribution is 2.66. The lowest BCUT2D eigenvalue weighted by molar-refractivity contribution is -0.120. The molecule has 2 aliphatic rings. The van der Waals surface area contributed by atoms with E-state index in [0.717, 1.165) is 31.2 Å². The molecule has 3 rings (SSSR count). The lowest BCUT2D eigenvalue weighted by Gasteiger charge is -2.13. The van der Waals surface area contributed by atoms with E-state index < -0.39 is 11.3 Å². The van der Waals surface area contributed by atoms with E-state index in [2.05, 4.69) is 37.2 Å². The third-order valence-corrected chi connectivity index (χ3v) is 8.17. The van der Waals surface area contributed by atoms with Crippen molar-refractivity contribution in [3.63, 3.8) is 0 Å². The minimum Gasteiger partial charge on any atom is -0.365 e. The van der Waals surface area contributed by atoms with Crippen LogP contribution in [0.25, 0.3) is 0 Å². The molecule has 0 aromatic carbocycles. The van der Waals surface area contributed by atoms with E-state index in [4.69, 9.17) is 5.73 Å². The summed E-state index contributed by atoms with van der Waals surface area (Å²) in [5, 5.41) is 3.57. The number of anilines is 1. The van der Waals surface area contributed by atoms with Gasteiger partial charge in [0.1, 0.15) is 5.00 Å². The normalized spacial score (nSPS) is 26.0. The van der Waals surface area contributed by atoms with Gasteiger partial charge in [0.05, 0.1) is 14.2 Å². The van der Waals surface area contributed by atoms with Gasteiger partial charge in [0, 0.05) is 4.88 Å². The van der Waals surface area contributed by atoms with Gasteiger partial charge in [-0.1, -0.05) is 38.3 Å². The van der Waals surface area contributed by atoms with Crippen LogP contribution in [-0.2, 0) is 17.6 Å². The number of alkyl halides is 2. The average Bonchev–Trinajstić information content (AvgIpc) is 2.88. The number of nitrogens with one attached hydrogen (secondary N) is 1. The van der Waals surface area contributed by atoms with Crippen LogP contribution in [0.15, 0.2) is 0 Å². The zero-order chi connectivity index (χ0) is 16.1. The largest absolute Gasteiger partial charge is 0.365 e. The maximum atomic E-state index is 12.6. The molecule has 1 aromatic rings. The number of carbonyl (C=O) groups is 2. The average molecular weight is 450 g/mol. The smallest absolute Gasteiger partial charge is 0.251 e. The van der Waals surface area contributed by atoms with Crippen LogP contribution in [0.3, 0.4) is 0 Å². The van der Waals surface area contributed by atoms with Gasteiger partial charge in [-0.25, -0.2) is 0 Å². The molecule has 0 bridgehead atoms. The molecule has 0 saturated heterocycles. The second-order valence-corrected chi connectivity index (χ2v) is 11.2. The number of nitrogens with two attached hydrogens (primary N) is 1. The fourth-order valence-corrected chi connectivity index (χ4v) is 5.75. The third-order valence-electron chi connectivity index (χ3n) is 4.65. The number of hydrogen-bond acceptors (Lipinski definition) is 3. The summed E-state index contributed by atoms with van der Waals surface area (Å²) in [4.78, 5) is 25.7. The van der Waals surface area contributed by atoms with E-state index in [1.807, 2.05) is 6.92 Å². The van der Waals surface area contributed by atoms with Crippen molar-refractivity contribution in [1.82, 2.24) is 0 Å². The standard InChI is InChI=1S/C15H18Br2N2O2S/c1-14(7-15(14,16)17)13(21)19-12-10(11(18)20)8-5-3-2-4-6-9(8)22-12/h2-7H2,1H3,(H2,18,20)(H,19,21). The van der Waals surface area contributed by atoms with E-state index in [-0.39, 0.29) is 9.14 Å². The van der Waals surface area contributed by atoms with Crippen molar-refractivity contribution >= 4 is 60.0 Å². The highest BCUT2D eigenvalue weighted by Gasteiger charge is 2.66. The fraction of sp³-hybridized carbons (Fsp3) is 0.600. The van der Waals surface area contributed by atoms with Crippen molar-refractivity contribution in [2.45, 2.75) is 48.7 Å². The highest BCUT2D eigenvalue weighted by molar-refractivity contribution is 9.25. The first kappa shape index (κ1) is 16.5. The minimum absolute atomic E-state index is 0.0832. The zero-order valence-corrected chi connectivity index (χ0v) is 16.3. The molecular formula is C15H18Br2N2O2S. The number of rotatable bonds is 3. The molecular weight excluding hydrogens is 432 g/mol. The van der Waals surface area contributed by atoms with E-state index in [0.29, 0.717) is 17.0 Å². The number of amides is 2. The van der Waals surface area contributed by atoms with Gasteiger partial charge in [-0.2, -0.15) is 0 Å².